The topological polar surface area (TPSA) is 79.5 Å². The van der Waals surface area contributed by atoms with Crippen LogP contribution >= 0.6 is 12.2 Å². The highest BCUT2D eigenvalue weighted by molar-refractivity contribution is 7.80. The van der Waals surface area contributed by atoms with E-state index in [1.54, 1.807) is 31.4 Å². The smallest absolute Gasteiger partial charge is 0.257 e. The van der Waals surface area contributed by atoms with Crippen LogP contribution in [0.15, 0.2) is 48.5 Å². The average molecular weight is 389 g/mol. The Morgan fingerprint density at radius 3 is 2.52 bits per heavy atom. The number of rotatable bonds is 7. The van der Waals surface area contributed by atoms with Gasteiger partial charge in [-0.3, -0.25) is 14.9 Å². The standard InChI is InChI=1S/C19H20FN3O3S/c1-26-11-3-10-21-17(24)14-4-2-5-16(12-14)22-19(27)23-18(25)13-6-8-15(20)9-7-13/h2,4-9,12H,3,10-11H2,1H3,(H,21,24)(H2,22,23,25,27). The molecule has 6 nitrogen and oxygen atoms in total. The highest BCUT2D eigenvalue weighted by Gasteiger charge is 2.10. The fourth-order valence-electron chi connectivity index (χ4n) is 2.20. The number of carbonyl (C=O) groups excluding carboxylic acids is 2. The maximum atomic E-state index is 12.9. The summed E-state index contributed by atoms with van der Waals surface area (Å²) in [5.41, 5.74) is 1.30. The minimum Gasteiger partial charge on any atom is -0.385 e. The molecule has 2 amide bonds. The summed E-state index contributed by atoms with van der Waals surface area (Å²) in [5, 5.41) is 8.22. The Hall–Kier alpha value is -2.84. The Balaban J connectivity index is 1.90. The molecule has 0 unspecified atom stereocenters. The maximum Gasteiger partial charge on any atom is 0.257 e. The molecule has 2 rings (SSSR count). The molecule has 27 heavy (non-hydrogen) atoms. The van der Waals surface area contributed by atoms with Gasteiger partial charge in [0.1, 0.15) is 5.82 Å². The number of carbonyl (C=O) groups is 2. The third kappa shape index (κ3) is 6.76. The number of methoxy groups -OCH3 is 1. The third-order valence-electron chi connectivity index (χ3n) is 3.53. The Labute approximate surface area is 162 Å². The second-order valence-electron chi connectivity index (χ2n) is 5.60. The van der Waals surface area contributed by atoms with E-state index < -0.39 is 11.7 Å². The van der Waals surface area contributed by atoms with Crippen molar-refractivity contribution in [1.29, 1.82) is 0 Å². The SMILES string of the molecule is COCCCNC(=O)c1cccc(NC(=S)NC(=O)c2ccc(F)cc2)c1. The van der Waals surface area contributed by atoms with Crippen molar-refractivity contribution >= 4 is 34.8 Å². The van der Waals surface area contributed by atoms with Crippen LogP contribution in [0.2, 0.25) is 0 Å². The second-order valence-corrected chi connectivity index (χ2v) is 6.01. The molecule has 0 radical (unpaired) electrons. The molecule has 8 heteroatoms. The summed E-state index contributed by atoms with van der Waals surface area (Å²) in [7, 11) is 1.61. The van der Waals surface area contributed by atoms with Crippen molar-refractivity contribution in [3.63, 3.8) is 0 Å². The Morgan fingerprint density at radius 1 is 1.07 bits per heavy atom. The van der Waals surface area contributed by atoms with E-state index in [0.29, 0.717) is 24.4 Å². The first kappa shape index (κ1) is 20.5. The number of amides is 2. The molecule has 0 atom stereocenters. The van der Waals surface area contributed by atoms with E-state index >= 15 is 0 Å². The van der Waals surface area contributed by atoms with E-state index in [2.05, 4.69) is 16.0 Å². The lowest BCUT2D eigenvalue weighted by molar-refractivity contribution is 0.0946. The molecule has 0 aliphatic carbocycles. The van der Waals surface area contributed by atoms with Crippen molar-refractivity contribution in [3.8, 4) is 0 Å². The summed E-state index contributed by atoms with van der Waals surface area (Å²) >= 11 is 5.11. The molecule has 2 aromatic rings. The van der Waals surface area contributed by atoms with Gasteiger partial charge in [0.15, 0.2) is 5.11 Å². The van der Waals surface area contributed by atoms with Crippen LogP contribution in [0.25, 0.3) is 0 Å². The number of hydrogen-bond donors (Lipinski definition) is 3. The minimum atomic E-state index is -0.459. The lowest BCUT2D eigenvalue weighted by Gasteiger charge is -2.11. The zero-order chi connectivity index (χ0) is 19.6. The summed E-state index contributed by atoms with van der Waals surface area (Å²) in [6, 6.07) is 11.8. The molecule has 0 spiro atoms. The number of anilines is 1. The van der Waals surface area contributed by atoms with Gasteiger partial charge in [0.2, 0.25) is 0 Å². The monoisotopic (exact) mass is 389 g/mol. The summed E-state index contributed by atoms with van der Waals surface area (Å²) in [4.78, 5) is 24.2. The predicted molar refractivity (Wildman–Crippen MR) is 105 cm³/mol. The first-order chi connectivity index (χ1) is 13.0. The molecular formula is C19H20FN3O3S. The van der Waals surface area contributed by atoms with Crippen molar-refractivity contribution in [3.05, 3.63) is 65.5 Å². The van der Waals surface area contributed by atoms with E-state index in [4.69, 9.17) is 17.0 Å². The molecule has 0 aromatic heterocycles. The number of thiocarbonyl (C=S) groups is 1. The summed E-state index contributed by atoms with van der Waals surface area (Å²) in [6.07, 6.45) is 0.722. The average Bonchev–Trinajstić information content (AvgIpc) is 2.65. The normalized spacial score (nSPS) is 10.1. The molecule has 2 aromatic carbocycles. The molecule has 0 saturated heterocycles. The van der Waals surface area contributed by atoms with Crippen LogP contribution < -0.4 is 16.0 Å². The van der Waals surface area contributed by atoms with Gasteiger partial charge in [-0.1, -0.05) is 6.07 Å². The number of ether oxygens (including phenoxy) is 1. The summed E-state index contributed by atoms with van der Waals surface area (Å²) < 4.78 is 17.8. The van der Waals surface area contributed by atoms with Crippen LogP contribution in [0.1, 0.15) is 27.1 Å². The van der Waals surface area contributed by atoms with Crippen molar-refractivity contribution < 1.29 is 18.7 Å². The molecule has 3 N–H and O–H groups in total. The minimum absolute atomic E-state index is 0.0713. The number of benzene rings is 2. The third-order valence-corrected chi connectivity index (χ3v) is 3.73. The van der Waals surface area contributed by atoms with Gasteiger partial charge in [0.25, 0.3) is 11.8 Å². The van der Waals surface area contributed by atoms with Crippen LogP contribution in [-0.4, -0.2) is 37.2 Å². The summed E-state index contributed by atoms with van der Waals surface area (Å²) in [6.45, 7) is 1.08. The van der Waals surface area contributed by atoms with Gasteiger partial charge < -0.3 is 15.4 Å². The van der Waals surface area contributed by atoms with Crippen molar-refractivity contribution in [1.82, 2.24) is 10.6 Å². The molecule has 142 valence electrons. The van der Waals surface area contributed by atoms with E-state index in [-0.39, 0.29) is 16.6 Å². The van der Waals surface area contributed by atoms with Crippen LogP contribution in [0.5, 0.6) is 0 Å². The van der Waals surface area contributed by atoms with Crippen LogP contribution in [0.4, 0.5) is 10.1 Å². The van der Waals surface area contributed by atoms with Crippen LogP contribution in [-0.2, 0) is 4.74 Å². The zero-order valence-corrected chi connectivity index (χ0v) is 15.6. The largest absolute Gasteiger partial charge is 0.385 e. The molecule has 0 aliphatic rings. The van der Waals surface area contributed by atoms with Crippen LogP contribution in [0, 0.1) is 5.82 Å². The fraction of sp³-hybridized carbons (Fsp3) is 0.211. The van der Waals surface area contributed by atoms with E-state index in [1.807, 2.05) is 0 Å². The Bertz CT molecular complexity index is 812. The second kappa shape index (κ2) is 10.3. The quantitative estimate of drug-likeness (QED) is 0.501. The molecule has 0 heterocycles. The lowest BCUT2D eigenvalue weighted by Crippen LogP contribution is -2.34. The molecule has 0 fully saturated rings. The van der Waals surface area contributed by atoms with Gasteiger partial charge in [0.05, 0.1) is 0 Å². The Kier molecular flexibility index (Phi) is 7.84. The highest BCUT2D eigenvalue weighted by atomic mass is 32.1. The predicted octanol–water partition coefficient (Wildman–Crippen LogP) is 2.72. The van der Waals surface area contributed by atoms with Gasteiger partial charge in [-0.15, -0.1) is 0 Å². The van der Waals surface area contributed by atoms with Gasteiger partial charge in [-0.25, -0.2) is 4.39 Å². The zero-order valence-electron chi connectivity index (χ0n) is 14.8. The lowest BCUT2D eigenvalue weighted by atomic mass is 10.2. The van der Waals surface area contributed by atoms with E-state index in [9.17, 15) is 14.0 Å². The van der Waals surface area contributed by atoms with Gasteiger partial charge in [-0.2, -0.15) is 0 Å². The summed E-state index contributed by atoms with van der Waals surface area (Å²) in [5.74, 6) is -1.10. The van der Waals surface area contributed by atoms with Gasteiger partial charge in [0, 0.05) is 37.1 Å². The number of hydrogen-bond acceptors (Lipinski definition) is 4. The molecule has 0 bridgehead atoms. The molecule has 0 aliphatic heterocycles. The van der Waals surface area contributed by atoms with Crippen molar-refractivity contribution in [2.45, 2.75) is 6.42 Å². The van der Waals surface area contributed by atoms with Crippen molar-refractivity contribution in [2.24, 2.45) is 0 Å². The van der Waals surface area contributed by atoms with Gasteiger partial charge in [-0.05, 0) is 61.1 Å². The van der Waals surface area contributed by atoms with E-state index in [0.717, 1.165) is 6.42 Å². The number of halogens is 1. The first-order valence-corrected chi connectivity index (χ1v) is 8.65. The Morgan fingerprint density at radius 2 is 1.81 bits per heavy atom. The van der Waals surface area contributed by atoms with Crippen molar-refractivity contribution in [2.75, 3.05) is 25.6 Å². The number of nitrogens with one attached hydrogen (secondary N) is 3. The molecular weight excluding hydrogens is 369 g/mol. The first-order valence-electron chi connectivity index (χ1n) is 8.24. The fourth-order valence-corrected chi connectivity index (χ4v) is 2.41. The van der Waals surface area contributed by atoms with Gasteiger partial charge >= 0.3 is 0 Å². The highest BCUT2D eigenvalue weighted by Crippen LogP contribution is 2.11. The molecule has 0 saturated carbocycles. The van der Waals surface area contributed by atoms with E-state index in [1.165, 1.54) is 24.3 Å². The van der Waals surface area contributed by atoms with Crippen LogP contribution in [0.3, 0.4) is 0 Å². The maximum absolute atomic E-state index is 12.9.